The third-order valence-corrected chi connectivity index (χ3v) is 3.44. The number of hydrogen-bond donors (Lipinski definition) is 1. The normalized spacial score (nSPS) is 11.0. The average molecular weight is 289 g/mol. The van der Waals surface area contributed by atoms with E-state index in [0.717, 1.165) is 6.42 Å². The van der Waals surface area contributed by atoms with Gasteiger partial charge in [0.2, 0.25) is 0 Å². The van der Waals surface area contributed by atoms with Gasteiger partial charge in [-0.1, -0.05) is 13.8 Å². The van der Waals surface area contributed by atoms with E-state index in [0.29, 0.717) is 29.1 Å². The van der Waals surface area contributed by atoms with E-state index in [2.05, 4.69) is 13.8 Å². The van der Waals surface area contributed by atoms with Gasteiger partial charge in [0.1, 0.15) is 5.75 Å². The molecule has 1 aromatic heterocycles. The van der Waals surface area contributed by atoms with Gasteiger partial charge in [-0.3, -0.25) is 4.79 Å². The summed E-state index contributed by atoms with van der Waals surface area (Å²) < 4.78 is 6.95. The molecule has 0 saturated carbocycles. The number of ether oxygens (including phenoxy) is 1. The van der Waals surface area contributed by atoms with Gasteiger partial charge in [0, 0.05) is 18.0 Å². The summed E-state index contributed by atoms with van der Waals surface area (Å²) in [7, 11) is 1.48. The lowest BCUT2D eigenvalue weighted by atomic mass is 10.1. The topological polar surface area (TPSA) is 68.5 Å². The summed E-state index contributed by atoms with van der Waals surface area (Å²) in [5.41, 5.74) is 0.689. The molecule has 1 N–H and O–H groups in total. The Morgan fingerprint density at radius 1 is 1.33 bits per heavy atom. The lowest BCUT2D eigenvalue weighted by Crippen LogP contribution is -2.21. The van der Waals surface area contributed by atoms with Gasteiger partial charge in [0.15, 0.2) is 0 Å². The minimum atomic E-state index is -1.02. The first-order chi connectivity index (χ1) is 9.93. The fraction of sp³-hybridized carbons (Fsp3) is 0.375. The van der Waals surface area contributed by atoms with E-state index >= 15 is 0 Å². The predicted molar refractivity (Wildman–Crippen MR) is 81.2 cm³/mol. The summed E-state index contributed by atoms with van der Waals surface area (Å²) in [6.45, 7) is 4.77. The number of hydrogen-bond acceptors (Lipinski definition) is 3. The Morgan fingerprint density at radius 3 is 2.62 bits per heavy atom. The van der Waals surface area contributed by atoms with Gasteiger partial charge in [-0.2, -0.15) is 0 Å². The zero-order valence-electron chi connectivity index (χ0n) is 12.4. The SMILES string of the molecule is COc1cc(C(=O)O)cc2ccc(=O)n(CCC(C)C)c12. The van der Waals surface area contributed by atoms with Crippen molar-refractivity contribution < 1.29 is 14.6 Å². The number of pyridine rings is 1. The van der Waals surface area contributed by atoms with Gasteiger partial charge in [0.05, 0.1) is 18.2 Å². The summed E-state index contributed by atoms with van der Waals surface area (Å²) >= 11 is 0. The number of benzene rings is 1. The minimum absolute atomic E-state index is 0.107. The molecular weight excluding hydrogens is 270 g/mol. The molecule has 0 atom stereocenters. The molecule has 2 rings (SSSR count). The molecule has 0 fully saturated rings. The van der Waals surface area contributed by atoms with Crippen LogP contribution in [-0.2, 0) is 6.54 Å². The van der Waals surface area contributed by atoms with Crippen molar-refractivity contribution in [1.29, 1.82) is 0 Å². The Labute approximate surface area is 122 Å². The van der Waals surface area contributed by atoms with Crippen LogP contribution in [0.25, 0.3) is 10.9 Å². The first-order valence-corrected chi connectivity index (χ1v) is 6.89. The van der Waals surface area contributed by atoms with Crippen molar-refractivity contribution in [2.75, 3.05) is 7.11 Å². The average Bonchev–Trinajstić information content (AvgIpc) is 2.44. The van der Waals surface area contributed by atoms with E-state index in [-0.39, 0.29) is 11.1 Å². The van der Waals surface area contributed by atoms with E-state index in [1.165, 1.54) is 19.2 Å². The maximum Gasteiger partial charge on any atom is 0.335 e. The quantitative estimate of drug-likeness (QED) is 0.919. The van der Waals surface area contributed by atoms with Crippen molar-refractivity contribution in [2.45, 2.75) is 26.8 Å². The standard InChI is InChI=1S/C16H19NO4/c1-10(2)6-7-17-14(18)5-4-11-8-12(16(19)20)9-13(21-3)15(11)17/h4-5,8-10H,6-7H2,1-3H3,(H,19,20). The first kappa shape index (κ1) is 15.1. The fourth-order valence-corrected chi connectivity index (χ4v) is 2.29. The zero-order valence-corrected chi connectivity index (χ0v) is 12.4. The second kappa shape index (κ2) is 5.99. The van der Waals surface area contributed by atoms with Gasteiger partial charge in [-0.25, -0.2) is 4.79 Å². The Kier molecular flexibility index (Phi) is 4.31. The second-order valence-electron chi connectivity index (χ2n) is 5.43. The molecule has 0 bridgehead atoms. The number of rotatable bonds is 5. The predicted octanol–water partition coefficient (Wildman–Crippen LogP) is 2.75. The van der Waals surface area contributed by atoms with E-state index in [9.17, 15) is 9.59 Å². The van der Waals surface area contributed by atoms with Gasteiger partial charge in [0.25, 0.3) is 5.56 Å². The van der Waals surface area contributed by atoms with Crippen LogP contribution in [0.5, 0.6) is 5.75 Å². The Morgan fingerprint density at radius 2 is 2.05 bits per heavy atom. The summed E-state index contributed by atoms with van der Waals surface area (Å²) in [5.74, 6) is -0.141. The molecule has 0 aliphatic carbocycles. The first-order valence-electron chi connectivity index (χ1n) is 6.89. The minimum Gasteiger partial charge on any atom is -0.495 e. The van der Waals surface area contributed by atoms with Gasteiger partial charge < -0.3 is 14.4 Å². The molecule has 1 aromatic carbocycles. The lowest BCUT2D eigenvalue weighted by molar-refractivity contribution is 0.0696. The number of carbonyl (C=O) groups is 1. The number of aryl methyl sites for hydroxylation is 1. The molecule has 5 nitrogen and oxygen atoms in total. The highest BCUT2D eigenvalue weighted by atomic mass is 16.5. The summed E-state index contributed by atoms with van der Waals surface area (Å²) in [6, 6.07) is 6.12. The van der Waals surface area contributed by atoms with Crippen LogP contribution in [-0.4, -0.2) is 22.8 Å². The number of nitrogens with zero attached hydrogens (tertiary/aromatic N) is 1. The highest BCUT2D eigenvalue weighted by Gasteiger charge is 2.14. The van der Waals surface area contributed by atoms with Gasteiger partial charge in [-0.05, 0) is 30.5 Å². The Hall–Kier alpha value is -2.30. The van der Waals surface area contributed by atoms with Crippen molar-refractivity contribution in [1.82, 2.24) is 4.57 Å². The van der Waals surface area contributed by atoms with E-state index < -0.39 is 5.97 Å². The third-order valence-electron chi connectivity index (χ3n) is 3.44. The van der Waals surface area contributed by atoms with Crippen molar-refractivity contribution in [3.63, 3.8) is 0 Å². The van der Waals surface area contributed by atoms with Crippen molar-refractivity contribution in [3.05, 3.63) is 40.2 Å². The van der Waals surface area contributed by atoms with Gasteiger partial charge in [-0.15, -0.1) is 0 Å². The number of aromatic carboxylic acids is 1. The zero-order chi connectivity index (χ0) is 15.6. The van der Waals surface area contributed by atoms with Crippen molar-refractivity contribution >= 4 is 16.9 Å². The van der Waals surface area contributed by atoms with Crippen molar-refractivity contribution in [2.24, 2.45) is 5.92 Å². The highest BCUT2D eigenvalue weighted by Crippen LogP contribution is 2.27. The van der Waals surface area contributed by atoms with Crippen LogP contribution >= 0.6 is 0 Å². The van der Waals surface area contributed by atoms with E-state index in [4.69, 9.17) is 9.84 Å². The Bertz CT molecular complexity index is 731. The molecule has 0 spiro atoms. The number of fused-ring (bicyclic) bond motifs is 1. The van der Waals surface area contributed by atoms with Crippen LogP contribution < -0.4 is 10.3 Å². The van der Waals surface area contributed by atoms with Crippen LogP contribution in [0, 0.1) is 5.92 Å². The fourth-order valence-electron chi connectivity index (χ4n) is 2.29. The van der Waals surface area contributed by atoms with Crippen molar-refractivity contribution in [3.8, 4) is 5.75 Å². The summed E-state index contributed by atoms with van der Waals surface area (Å²) in [5, 5.41) is 9.83. The molecule has 21 heavy (non-hydrogen) atoms. The van der Waals surface area contributed by atoms with Crippen LogP contribution in [0.15, 0.2) is 29.1 Å². The smallest absolute Gasteiger partial charge is 0.335 e. The van der Waals surface area contributed by atoms with E-state index in [1.807, 2.05) is 0 Å². The molecule has 0 amide bonds. The molecule has 1 heterocycles. The van der Waals surface area contributed by atoms with E-state index in [1.54, 1.807) is 16.7 Å². The largest absolute Gasteiger partial charge is 0.495 e. The molecule has 0 radical (unpaired) electrons. The molecule has 112 valence electrons. The molecule has 0 aliphatic heterocycles. The maximum atomic E-state index is 12.1. The third kappa shape index (κ3) is 3.07. The number of carboxylic acids is 1. The monoisotopic (exact) mass is 289 g/mol. The maximum absolute atomic E-state index is 12.1. The second-order valence-corrected chi connectivity index (χ2v) is 5.43. The number of carboxylic acid groups (broad SMARTS) is 1. The molecule has 0 unspecified atom stereocenters. The van der Waals surface area contributed by atoms with Crippen LogP contribution in [0.4, 0.5) is 0 Å². The molecule has 5 heteroatoms. The number of methoxy groups -OCH3 is 1. The van der Waals surface area contributed by atoms with Gasteiger partial charge >= 0.3 is 5.97 Å². The van der Waals surface area contributed by atoms with Crippen LogP contribution in [0.3, 0.4) is 0 Å². The highest BCUT2D eigenvalue weighted by molar-refractivity contribution is 5.96. The summed E-state index contributed by atoms with van der Waals surface area (Å²) in [4.78, 5) is 23.3. The summed E-state index contributed by atoms with van der Waals surface area (Å²) in [6.07, 6.45) is 0.864. The lowest BCUT2D eigenvalue weighted by Gasteiger charge is -2.15. The van der Waals surface area contributed by atoms with Crippen LogP contribution in [0.1, 0.15) is 30.6 Å². The molecule has 0 saturated heterocycles. The Balaban J connectivity index is 2.70. The molecule has 2 aromatic rings. The molecular formula is C16H19NO4. The number of aromatic nitrogens is 1. The molecule has 0 aliphatic rings. The van der Waals surface area contributed by atoms with Crippen LogP contribution in [0.2, 0.25) is 0 Å².